The van der Waals surface area contributed by atoms with Gasteiger partial charge in [0.15, 0.2) is 0 Å². The molecule has 0 spiro atoms. The van der Waals surface area contributed by atoms with Gasteiger partial charge in [0, 0.05) is 31.5 Å². The van der Waals surface area contributed by atoms with Crippen LogP contribution in [0, 0.1) is 5.92 Å². The second kappa shape index (κ2) is 11.7. The molecule has 0 aliphatic heterocycles. The molecule has 7 heteroatoms. The van der Waals surface area contributed by atoms with Crippen LogP contribution in [0.5, 0.6) is 0 Å². The highest BCUT2D eigenvalue weighted by molar-refractivity contribution is 5.79. The van der Waals surface area contributed by atoms with Gasteiger partial charge in [-0.3, -0.25) is 9.59 Å². The van der Waals surface area contributed by atoms with E-state index in [0.717, 1.165) is 0 Å². The third-order valence-electron chi connectivity index (χ3n) is 6.39. The standard InChI is InChI=1S/C27H34N2O5/c1-4-29(16-18(2)26(31)32)25(30)15-9-10-19(3)28-27(33)34-17-24-22-13-7-5-11-20(22)21-12-6-8-14-23(21)24/h5-8,11-14,18-19,24H,4,9-10,15-17H2,1-3H3,(H,28,33)(H,31,32). The number of carbonyl (C=O) groups is 3. The van der Waals surface area contributed by atoms with Crippen molar-refractivity contribution in [3.63, 3.8) is 0 Å². The summed E-state index contributed by atoms with van der Waals surface area (Å²) in [5, 5.41) is 11.9. The van der Waals surface area contributed by atoms with Crippen molar-refractivity contribution in [1.82, 2.24) is 10.2 Å². The topological polar surface area (TPSA) is 95.9 Å². The molecule has 1 aliphatic carbocycles. The lowest BCUT2D eigenvalue weighted by Crippen LogP contribution is -2.37. The van der Waals surface area contributed by atoms with Crippen LogP contribution in [0.25, 0.3) is 11.1 Å². The third kappa shape index (κ3) is 6.16. The number of hydrogen-bond acceptors (Lipinski definition) is 4. The largest absolute Gasteiger partial charge is 0.481 e. The summed E-state index contributed by atoms with van der Waals surface area (Å²) in [5.74, 6) is -1.56. The van der Waals surface area contributed by atoms with E-state index in [9.17, 15) is 14.4 Å². The number of aliphatic carboxylic acids is 1. The average Bonchev–Trinajstić information content (AvgIpc) is 3.14. The number of nitrogens with zero attached hydrogens (tertiary/aromatic N) is 1. The van der Waals surface area contributed by atoms with E-state index in [-0.39, 0.29) is 31.0 Å². The number of carbonyl (C=O) groups excluding carboxylic acids is 2. The molecule has 182 valence electrons. The number of ether oxygens (including phenoxy) is 1. The normalized spacial score (nSPS) is 14.0. The maximum atomic E-state index is 12.4. The number of nitrogens with one attached hydrogen (secondary N) is 1. The van der Waals surface area contributed by atoms with Gasteiger partial charge in [0.25, 0.3) is 0 Å². The van der Waals surface area contributed by atoms with Gasteiger partial charge in [-0.1, -0.05) is 55.5 Å². The Labute approximate surface area is 201 Å². The van der Waals surface area contributed by atoms with Crippen molar-refractivity contribution >= 4 is 18.0 Å². The number of amides is 2. The molecule has 0 saturated carbocycles. The van der Waals surface area contributed by atoms with E-state index in [1.807, 2.05) is 38.1 Å². The predicted molar refractivity (Wildman–Crippen MR) is 131 cm³/mol. The van der Waals surface area contributed by atoms with Gasteiger partial charge in [-0.15, -0.1) is 0 Å². The molecule has 0 heterocycles. The molecule has 2 aromatic carbocycles. The monoisotopic (exact) mass is 466 g/mol. The van der Waals surface area contributed by atoms with Gasteiger partial charge in [-0.2, -0.15) is 0 Å². The first-order valence-corrected chi connectivity index (χ1v) is 11.9. The van der Waals surface area contributed by atoms with E-state index in [4.69, 9.17) is 9.84 Å². The van der Waals surface area contributed by atoms with Crippen LogP contribution in [0.4, 0.5) is 4.79 Å². The van der Waals surface area contributed by atoms with Crippen molar-refractivity contribution in [3.05, 3.63) is 59.7 Å². The summed E-state index contributed by atoms with van der Waals surface area (Å²) in [6, 6.07) is 16.3. The Morgan fingerprint density at radius 1 is 1.03 bits per heavy atom. The van der Waals surface area contributed by atoms with Crippen LogP contribution in [0.1, 0.15) is 57.1 Å². The fourth-order valence-electron chi connectivity index (χ4n) is 4.45. The van der Waals surface area contributed by atoms with Gasteiger partial charge < -0.3 is 20.1 Å². The Hall–Kier alpha value is -3.35. The predicted octanol–water partition coefficient (Wildman–Crippen LogP) is 4.65. The van der Waals surface area contributed by atoms with Gasteiger partial charge in [0.2, 0.25) is 5.91 Å². The zero-order chi connectivity index (χ0) is 24.7. The summed E-state index contributed by atoms with van der Waals surface area (Å²) in [6.07, 6.45) is 1.08. The number of carboxylic acids is 1. The Kier molecular flexibility index (Phi) is 8.68. The Bertz CT molecular complexity index is 976. The molecule has 0 radical (unpaired) electrons. The first-order valence-electron chi connectivity index (χ1n) is 11.9. The minimum absolute atomic E-state index is 0.0132. The summed E-state index contributed by atoms with van der Waals surface area (Å²) in [4.78, 5) is 37.4. The maximum absolute atomic E-state index is 12.4. The van der Waals surface area contributed by atoms with Crippen molar-refractivity contribution in [3.8, 4) is 11.1 Å². The van der Waals surface area contributed by atoms with Gasteiger partial charge >= 0.3 is 12.1 Å². The molecule has 1 aliphatic rings. The lowest BCUT2D eigenvalue weighted by atomic mass is 9.98. The van der Waals surface area contributed by atoms with Crippen LogP contribution >= 0.6 is 0 Å². The molecular formula is C27H34N2O5. The zero-order valence-electron chi connectivity index (χ0n) is 20.1. The van der Waals surface area contributed by atoms with Crippen LogP contribution in [0.3, 0.4) is 0 Å². The molecule has 2 N–H and O–H groups in total. The fraction of sp³-hybridized carbons (Fsp3) is 0.444. The van der Waals surface area contributed by atoms with Gasteiger partial charge in [-0.05, 0) is 48.9 Å². The van der Waals surface area contributed by atoms with Gasteiger partial charge in [0.05, 0.1) is 5.92 Å². The SMILES string of the molecule is CCN(CC(C)C(=O)O)C(=O)CCCC(C)NC(=O)OCC1c2ccccc2-c2ccccc21. The lowest BCUT2D eigenvalue weighted by molar-refractivity contribution is -0.143. The van der Waals surface area contributed by atoms with E-state index in [1.54, 1.807) is 11.8 Å². The summed E-state index contributed by atoms with van der Waals surface area (Å²) < 4.78 is 5.58. The maximum Gasteiger partial charge on any atom is 0.407 e. The molecule has 0 saturated heterocycles. The highest BCUT2D eigenvalue weighted by atomic mass is 16.5. The van der Waals surface area contributed by atoms with Crippen LogP contribution in [-0.4, -0.2) is 53.7 Å². The summed E-state index contributed by atoms with van der Waals surface area (Å²) in [7, 11) is 0. The molecule has 2 unspecified atom stereocenters. The van der Waals surface area contributed by atoms with E-state index < -0.39 is 18.0 Å². The highest BCUT2D eigenvalue weighted by Gasteiger charge is 2.29. The molecule has 2 aromatic rings. The van der Waals surface area contributed by atoms with Gasteiger partial charge in [0.1, 0.15) is 6.61 Å². The molecule has 3 rings (SSSR count). The van der Waals surface area contributed by atoms with Crippen LogP contribution in [0.15, 0.2) is 48.5 Å². The number of hydrogen-bond donors (Lipinski definition) is 2. The number of fused-ring (bicyclic) bond motifs is 3. The number of rotatable bonds is 11. The Balaban J connectivity index is 1.43. The quantitative estimate of drug-likeness (QED) is 0.502. The van der Waals surface area contributed by atoms with E-state index >= 15 is 0 Å². The number of alkyl carbamates (subject to hydrolysis) is 1. The number of benzene rings is 2. The van der Waals surface area contributed by atoms with Gasteiger partial charge in [-0.25, -0.2) is 4.79 Å². The fourth-order valence-corrected chi connectivity index (χ4v) is 4.45. The molecule has 0 aromatic heterocycles. The van der Waals surface area contributed by atoms with E-state index in [0.29, 0.717) is 25.8 Å². The Morgan fingerprint density at radius 3 is 2.18 bits per heavy atom. The van der Waals surface area contributed by atoms with Crippen molar-refractivity contribution < 1.29 is 24.2 Å². The molecule has 2 amide bonds. The van der Waals surface area contributed by atoms with Crippen molar-refractivity contribution in [2.24, 2.45) is 5.92 Å². The summed E-state index contributed by atoms with van der Waals surface area (Å²) in [6.45, 7) is 6.27. The molecule has 0 bridgehead atoms. The first kappa shape index (κ1) is 25.3. The van der Waals surface area contributed by atoms with E-state index in [1.165, 1.54) is 22.3 Å². The third-order valence-corrected chi connectivity index (χ3v) is 6.39. The molecule has 34 heavy (non-hydrogen) atoms. The minimum Gasteiger partial charge on any atom is -0.481 e. The van der Waals surface area contributed by atoms with Crippen LogP contribution in [0.2, 0.25) is 0 Å². The Morgan fingerprint density at radius 2 is 1.62 bits per heavy atom. The number of carboxylic acid groups (broad SMARTS) is 1. The van der Waals surface area contributed by atoms with Crippen molar-refractivity contribution in [1.29, 1.82) is 0 Å². The van der Waals surface area contributed by atoms with Crippen LogP contribution in [-0.2, 0) is 14.3 Å². The molecule has 2 atom stereocenters. The smallest absolute Gasteiger partial charge is 0.407 e. The molecule has 0 fully saturated rings. The summed E-state index contributed by atoms with van der Waals surface area (Å²) in [5.41, 5.74) is 4.70. The zero-order valence-corrected chi connectivity index (χ0v) is 20.1. The summed E-state index contributed by atoms with van der Waals surface area (Å²) >= 11 is 0. The second-order valence-electron chi connectivity index (χ2n) is 8.93. The second-order valence-corrected chi connectivity index (χ2v) is 8.93. The van der Waals surface area contributed by atoms with Crippen molar-refractivity contribution in [2.75, 3.05) is 19.7 Å². The van der Waals surface area contributed by atoms with E-state index in [2.05, 4.69) is 29.6 Å². The van der Waals surface area contributed by atoms with Crippen LogP contribution < -0.4 is 5.32 Å². The average molecular weight is 467 g/mol. The molecular weight excluding hydrogens is 432 g/mol. The minimum atomic E-state index is -0.910. The highest BCUT2D eigenvalue weighted by Crippen LogP contribution is 2.44. The lowest BCUT2D eigenvalue weighted by Gasteiger charge is -2.23. The first-order chi connectivity index (χ1) is 16.3. The van der Waals surface area contributed by atoms with Crippen molar-refractivity contribution in [2.45, 2.75) is 52.0 Å². The molecule has 7 nitrogen and oxygen atoms in total.